The van der Waals surface area contributed by atoms with Crippen LogP contribution in [0, 0.1) is 0 Å². The van der Waals surface area contributed by atoms with Crippen molar-refractivity contribution < 1.29 is 9.59 Å². The van der Waals surface area contributed by atoms with Crippen molar-refractivity contribution in [3.63, 3.8) is 0 Å². The molecule has 1 saturated heterocycles. The number of hydrogen-bond donors (Lipinski definition) is 1. The van der Waals surface area contributed by atoms with E-state index in [-0.39, 0.29) is 11.8 Å². The molecule has 1 fully saturated rings. The zero-order valence-electron chi connectivity index (χ0n) is 8.94. The van der Waals surface area contributed by atoms with E-state index >= 15 is 0 Å². The molecule has 0 aromatic carbocycles. The maximum Gasteiger partial charge on any atom is 0.258 e. The predicted octanol–water partition coefficient (Wildman–Crippen LogP) is -0.0632. The minimum atomic E-state index is -0.596. The first kappa shape index (κ1) is 12.3. The van der Waals surface area contributed by atoms with Crippen LogP contribution in [-0.2, 0) is 9.59 Å². The molecule has 1 aliphatic rings. The van der Waals surface area contributed by atoms with Crippen molar-refractivity contribution in [3.8, 4) is 0 Å². The third-order valence-electron chi connectivity index (χ3n) is 2.51. The van der Waals surface area contributed by atoms with Crippen LogP contribution in [0.15, 0.2) is 0 Å². The van der Waals surface area contributed by atoms with E-state index in [9.17, 15) is 9.59 Å². The molecular weight excluding hydrogens is 218 g/mol. The molecule has 0 aromatic rings. The number of nitrogens with two attached hydrogens (primary N) is 1. The first-order chi connectivity index (χ1) is 6.95. The van der Waals surface area contributed by atoms with Crippen molar-refractivity contribution >= 4 is 23.4 Å². The average molecular weight is 234 g/mol. The number of hydrazine groups is 1. The van der Waals surface area contributed by atoms with E-state index in [0.29, 0.717) is 13.0 Å². The average Bonchev–Trinajstić information content (AvgIpc) is 2.63. The van der Waals surface area contributed by atoms with Gasteiger partial charge in [-0.3, -0.25) is 14.6 Å². The number of likely N-dealkylation sites (tertiary alicyclic amines) is 1. The molecule has 0 saturated carbocycles. The summed E-state index contributed by atoms with van der Waals surface area (Å²) in [6.07, 6.45) is 1.48. The highest BCUT2D eigenvalue weighted by molar-refractivity contribution is 6.30. The van der Waals surface area contributed by atoms with Crippen molar-refractivity contribution in [1.82, 2.24) is 9.91 Å². The lowest BCUT2D eigenvalue weighted by Gasteiger charge is -2.26. The van der Waals surface area contributed by atoms with Gasteiger partial charge in [0.15, 0.2) is 0 Å². The predicted molar refractivity (Wildman–Crippen MR) is 57.0 cm³/mol. The Bertz CT molecular complexity index is 242. The number of halogens is 1. The monoisotopic (exact) mass is 233 g/mol. The van der Waals surface area contributed by atoms with E-state index in [4.69, 9.17) is 17.4 Å². The van der Waals surface area contributed by atoms with Gasteiger partial charge >= 0.3 is 0 Å². The normalized spacial score (nSPS) is 22.7. The maximum atomic E-state index is 11.7. The lowest BCUT2D eigenvalue weighted by molar-refractivity contribution is -0.142. The van der Waals surface area contributed by atoms with Gasteiger partial charge in [0.05, 0.1) is 0 Å². The second kappa shape index (κ2) is 4.81. The van der Waals surface area contributed by atoms with Gasteiger partial charge < -0.3 is 4.90 Å². The van der Waals surface area contributed by atoms with Crippen LogP contribution >= 0.6 is 11.6 Å². The Morgan fingerprint density at radius 1 is 1.60 bits per heavy atom. The third-order valence-corrected chi connectivity index (χ3v) is 2.70. The van der Waals surface area contributed by atoms with E-state index in [0.717, 1.165) is 11.4 Å². The summed E-state index contributed by atoms with van der Waals surface area (Å²) in [4.78, 5) is 24.8. The summed E-state index contributed by atoms with van der Waals surface area (Å²) in [6, 6.07) is -0.436. The Balaban J connectivity index is 2.73. The second-order valence-corrected chi connectivity index (χ2v) is 4.41. The summed E-state index contributed by atoms with van der Waals surface area (Å²) in [7, 11) is 1.48. The largest absolute Gasteiger partial charge is 0.329 e. The van der Waals surface area contributed by atoms with Gasteiger partial charge in [-0.2, -0.15) is 0 Å². The fraction of sp³-hybridized carbons (Fsp3) is 0.778. The molecule has 0 aliphatic carbocycles. The summed E-state index contributed by atoms with van der Waals surface area (Å²) in [6.45, 7) is 2.19. The number of alkyl halides is 1. The number of nitrogens with zero attached hydrogens (tertiary/aromatic N) is 2. The molecule has 86 valence electrons. The molecule has 2 N–H and O–H groups in total. The van der Waals surface area contributed by atoms with Crippen LogP contribution in [0.4, 0.5) is 0 Å². The highest BCUT2D eigenvalue weighted by Gasteiger charge is 2.36. The van der Waals surface area contributed by atoms with Crippen LogP contribution in [-0.4, -0.2) is 46.7 Å². The van der Waals surface area contributed by atoms with Crippen molar-refractivity contribution in [2.75, 3.05) is 13.6 Å². The zero-order chi connectivity index (χ0) is 11.6. The van der Waals surface area contributed by atoms with Gasteiger partial charge in [-0.1, -0.05) is 0 Å². The molecule has 0 aromatic heterocycles. The molecule has 1 rings (SSSR count). The topological polar surface area (TPSA) is 66.6 Å². The van der Waals surface area contributed by atoms with Gasteiger partial charge in [-0.05, 0) is 19.8 Å². The van der Waals surface area contributed by atoms with Crippen LogP contribution in [0.25, 0.3) is 0 Å². The van der Waals surface area contributed by atoms with E-state index in [1.807, 2.05) is 0 Å². The minimum Gasteiger partial charge on any atom is -0.329 e. The van der Waals surface area contributed by atoms with Crippen molar-refractivity contribution in [2.24, 2.45) is 5.84 Å². The number of carbonyl (C=O) groups is 2. The van der Waals surface area contributed by atoms with Crippen molar-refractivity contribution in [1.29, 1.82) is 0 Å². The van der Waals surface area contributed by atoms with Gasteiger partial charge in [-0.25, -0.2) is 5.84 Å². The summed E-state index contributed by atoms with van der Waals surface area (Å²) < 4.78 is 0. The Hall–Kier alpha value is -0.810. The molecule has 1 heterocycles. The highest BCUT2D eigenvalue weighted by Crippen LogP contribution is 2.20. The lowest BCUT2D eigenvalue weighted by Crippen LogP contribution is -2.50. The molecule has 0 unspecified atom stereocenters. The fourth-order valence-electron chi connectivity index (χ4n) is 1.75. The Kier molecular flexibility index (Phi) is 3.93. The molecule has 0 bridgehead atoms. The zero-order valence-corrected chi connectivity index (χ0v) is 9.70. The molecule has 0 radical (unpaired) electrons. The maximum absolute atomic E-state index is 11.7. The first-order valence-electron chi connectivity index (χ1n) is 4.92. The molecule has 2 amide bonds. The molecule has 2 atom stereocenters. The fourth-order valence-corrected chi connectivity index (χ4v) is 1.88. The number of carbonyl (C=O) groups excluding carboxylic acids is 2. The van der Waals surface area contributed by atoms with Gasteiger partial charge in [0.2, 0.25) is 5.91 Å². The van der Waals surface area contributed by atoms with Crippen molar-refractivity contribution in [3.05, 3.63) is 0 Å². The SMILES string of the molecule is C[C@H](Cl)C(=O)N1CCC[C@H]1C(=O)N(C)N. The minimum absolute atomic E-state index is 0.200. The van der Waals surface area contributed by atoms with Crippen LogP contribution in [0.3, 0.4) is 0 Å². The molecule has 6 heteroatoms. The van der Waals surface area contributed by atoms with E-state index in [1.165, 1.54) is 11.9 Å². The first-order valence-corrected chi connectivity index (χ1v) is 5.35. The summed E-state index contributed by atoms with van der Waals surface area (Å²) in [5.74, 6) is 4.93. The van der Waals surface area contributed by atoms with Gasteiger partial charge in [0, 0.05) is 13.6 Å². The second-order valence-electron chi connectivity index (χ2n) is 3.75. The van der Waals surface area contributed by atoms with Crippen molar-refractivity contribution in [2.45, 2.75) is 31.2 Å². The third kappa shape index (κ3) is 2.60. The summed E-state index contributed by atoms with van der Waals surface area (Å²) in [5.41, 5.74) is 0. The van der Waals surface area contributed by atoms with E-state index in [2.05, 4.69) is 0 Å². The molecule has 1 aliphatic heterocycles. The van der Waals surface area contributed by atoms with Gasteiger partial charge in [0.25, 0.3) is 5.91 Å². The lowest BCUT2D eigenvalue weighted by atomic mass is 10.2. The quantitative estimate of drug-likeness (QED) is 0.314. The highest BCUT2D eigenvalue weighted by atomic mass is 35.5. The molecular formula is C9H16ClN3O2. The van der Waals surface area contributed by atoms with Crippen LogP contribution in [0.5, 0.6) is 0 Å². The standard InChI is InChI=1S/C9H16ClN3O2/c1-6(10)8(14)13-5-3-4-7(13)9(15)12(2)11/h6-7H,3-5,11H2,1-2H3/t6-,7-/m0/s1. The summed E-state index contributed by atoms with van der Waals surface area (Å²) in [5, 5.41) is 0.427. The van der Waals surface area contributed by atoms with Crippen LogP contribution < -0.4 is 5.84 Å². The van der Waals surface area contributed by atoms with E-state index in [1.54, 1.807) is 6.92 Å². The number of hydrogen-bond acceptors (Lipinski definition) is 3. The van der Waals surface area contributed by atoms with Gasteiger partial charge in [0.1, 0.15) is 11.4 Å². The number of rotatable bonds is 2. The molecule has 5 nitrogen and oxygen atoms in total. The smallest absolute Gasteiger partial charge is 0.258 e. The Morgan fingerprint density at radius 3 is 2.67 bits per heavy atom. The van der Waals surface area contributed by atoms with E-state index < -0.39 is 11.4 Å². The summed E-state index contributed by atoms with van der Waals surface area (Å²) >= 11 is 5.71. The Labute approximate surface area is 94.1 Å². The Morgan fingerprint density at radius 2 is 2.20 bits per heavy atom. The molecule has 0 spiro atoms. The number of amides is 2. The van der Waals surface area contributed by atoms with Crippen LogP contribution in [0.1, 0.15) is 19.8 Å². The number of likely N-dealkylation sites (N-methyl/N-ethyl adjacent to an activating group) is 1. The van der Waals surface area contributed by atoms with Gasteiger partial charge in [-0.15, -0.1) is 11.6 Å². The molecule has 15 heavy (non-hydrogen) atoms. The van der Waals surface area contributed by atoms with Crippen LogP contribution in [0.2, 0.25) is 0 Å².